The zero-order chi connectivity index (χ0) is 15.6. The van der Waals surface area contributed by atoms with Gasteiger partial charge >= 0.3 is 0 Å². The maximum Gasteiger partial charge on any atom is 0.275 e. The van der Waals surface area contributed by atoms with Crippen molar-refractivity contribution in [3.05, 3.63) is 23.9 Å². The van der Waals surface area contributed by atoms with Gasteiger partial charge in [-0.3, -0.25) is 9.89 Å². The van der Waals surface area contributed by atoms with Crippen molar-refractivity contribution in [3.63, 3.8) is 0 Å². The topological polar surface area (TPSA) is 61.5 Å². The molecule has 6 heteroatoms. The first-order valence-electron chi connectivity index (χ1n) is 8.30. The second-order valence-corrected chi connectivity index (χ2v) is 6.98. The third-order valence-electron chi connectivity index (χ3n) is 5.88. The third-order valence-corrected chi connectivity index (χ3v) is 5.88. The monoisotopic (exact) mass is 312 g/mol. The Morgan fingerprint density at radius 1 is 1.35 bits per heavy atom. The summed E-state index contributed by atoms with van der Waals surface area (Å²) in [6.07, 6.45) is 1.23. The number of nitrogens with zero attached hydrogens (tertiary/aromatic N) is 3. The minimum absolute atomic E-state index is 0.0719. The summed E-state index contributed by atoms with van der Waals surface area (Å²) in [7, 11) is 1.64. The molecule has 0 aliphatic carbocycles. The third kappa shape index (κ3) is 1.84. The van der Waals surface area contributed by atoms with Crippen molar-refractivity contribution < 1.29 is 9.53 Å². The van der Waals surface area contributed by atoms with E-state index in [0.29, 0.717) is 23.6 Å². The molecule has 0 spiro atoms. The molecule has 4 aliphatic rings. The highest BCUT2D eigenvalue weighted by molar-refractivity contribution is 6.05. The van der Waals surface area contributed by atoms with Crippen LogP contribution in [0.2, 0.25) is 0 Å². The lowest BCUT2D eigenvalue weighted by molar-refractivity contribution is 0.0420. The maximum atomic E-state index is 13.1. The van der Waals surface area contributed by atoms with Gasteiger partial charge in [0, 0.05) is 37.1 Å². The number of piperidine rings is 3. The Morgan fingerprint density at radius 2 is 2.26 bits per heavy atom. The molecule has 0 radical (unpaired) electrons. The average Bonchev–Trinajstić information content (AvgIpc) is 3.13. The van der Waals surface area contributed by atoms with Crippen molar-refractivity contribution in [2.24, 2.45) is 11.8 Å². The lowest BCUT2D eigenvalue weighted by atomic mass is 9.80. The number of methoxy groups -OCH3 is 1. The Kier molecular flexibility index (Phi) is 2.74. The van der Waals surface area contributed by atoms with E-state index in [1.54, 1.807) is 7.11 Å². The predicted molar refractivity (Wildman–Crippen MR) is 85.5 cm³/mol. The lowest BCUT2D eigenvalue weighted by Crippen LogP contribution is -2.54. The van der Waals surface area contributed by atoms with Gasteiger partial charge in [0.2, 0.25) is 0 Å². The molecule has 1 amide bonds. The van der Waals surface area contributed by atoms with Crippen LogP contribution in [0.3, 0.4) is 0 Å². The summed E-state index contributed by atoms with van der Waals surface area (Å²) >= 11 is 0. The molecule has 4 fully saturated rings. The summed E-state index contributed by atoms with van der Waals surface area (Å²) in [6, 6.07) is 6.06. The van der Waals surface area contributed by atoms with Gasteiger partial charge in [-0.25, -0.2) is 0 Å². The number of likely N-dealkylation sites (tertiary alicyclic amines) is 1. The molecule has 1 N–H and O–H groups in total. The van der Waals surface area contributed by atoms with Gasteiger partial charge in [0.1, 0.15) is 5.75 Å². The molecular weight excluding hydrogens is 292 g/mol. The SMILES string of the molecule is COc1ccc2c(C(=O)N3C[C@@H]4CN5CC[C@@H]4[C@@H]3C5)n[nH]c2c1. The Labute approximate surface area is 134 Å². The van der Waals surface area contributed by atoms with Crippen LogP contribution in [0.25, 0.3) is 10.9 Å². The molecule has 1 aromatic heterocycles. The molecule has 4 saturated heterocycles. The number of carbonyl (C=O) groups is 1. The van der Waals surface area contributed by atoms with Crippen LogP contribution in [0.15, 0.2) is 18.2 Å². The minimum atomic E-state index is 0.0719. The van der Waals surface area contributed by atoms with Gasteiger partial charge in [0.25, 0.3) is 5.91 Å². The molecule has 120 valence electrons. The highest BCUT2D eigenvalue weighted by Gasteiger charge is 2.51. The first-order chi connectivity index (χ1) is 11.2. The standard InChI is InChI=1S/C17H20N4O2/c1-23-11-2-3-13-14(6-11)18-19-16(13)17(22)21-8-10-7-20-5-4-12(10)15(21)9-20/h2-3,6,10,12,15H,4-5,7-9H2,1H3,(H,18,19)/t10-,12-,15-/m0/s1. The second-order valence-electron chi connectivity index (χ2n) is 6.98. The number of fused-ring (bicyclic) bond motifs is 2. The van der Waals surface area contributed by atoms with Crippen LogP contribution >= 0.6 is 0 Å². The Morgan fingerprint density at radius 3 is 3.04 bits per heavy atom. The van der Waals surface area contributed by atoms with Crippen molar-refractivity contribution >= 4 is 16.8 Å². The largest absolute Gasteiger partial charge is 0.497 e. The van der Waals surface area contributed by atoms with Gasteiger partial charge in [-0.1, -0.05) is 0 Å². The number of hydrogen-bond acceptors (Lipinski definition) is 4. The summed E-state index contributed by atoms with van der Waals surface area (Å²) in [5, 5.41) is 8.16. The van der Waals surface area contributed by atoms with Crippen molar-refractivity contribution in [2.75, 3.05) is 33.3 Å². The number of ether oxygens (including phenoxy) is 1. The molecule has 1 unspecified atom stereocenters. The number of hydrogen-bond donors (Lipinski definition) is 1. The van der Waals surface area contributed by atoms with Crippen molar-refractivity contribution in [1.29, 1.82) is 0 Å². The van der Waals surface area contributed by atoms with Crippen molar-refractivity contribution in [2.45, 2.75) is 12.5 Å². The van der Waals surface area contributed by atoms with E-state index in [9.17, 15) is 4.79 Å². The predicted octanol–water partition coefficient (Wildman–Crippen LogP) is 1.35. The first-order valence-corrected chi connectivity index (χ1v) is 8.30. The fourth-order valence-electron chi connectivity index (χ4n) is 4.77. The van der Waals surface area contributed by atoms with E-state index in [-0.39, 0.29) is 5.91 Å². The molecule has 1 aromatic carbocycles. The molecule has 4 atom stereocenters. The molecule has 0 saturated carbocycles. The highest BCUT2D eigenvalue weighted by Crippen LogP contribution is 2.42. The molecule has 4 bridgehead atoms. The van der Waals surface area contributed by atoms with Crippen LogP contribution in [-0.4, -0.2) is 65.2 Å². The number of benzene rings is 1. The van der Waals surface area contributed by atoms with Crippen LogP contribution in [0.4, 0.5) is 0 Å². The van der Waals surface area contributed by atoms with Gasteiger partial charge in [-0.05, 0) is 36.9 Å². The molecule has 6 rings (SSSR count). The fourth-order valence-corrected chi connectivity index (χ4v) is 4.77. The Hall–Kier alpha value is -2.08. The van der Waals surface area contributed by atoms with Gasteiger partial charge in [-0.15, -0.1) is 0 Å². The normalized spacial score (nSPS) is 31.8. The molecule has 6 nitrogen and oxygen atoms in total. The zero-order valence-electron chi connectivity index (χ0n) is 13.2. The summed E-state index contributed by atoms with van der Waals surface area (Å²) in [6.45, 7) is 4.27. The van der Waals surface area contributed by atoms with Crippen molar-refractivity contribution in [3.8, 4) is 5.75 Å². The van der Waals surface area contributed by atoms with Gasteiger partial charge in [-0.2, -0.15) is 5.10 Å². The average molecular weight is 312 g/mol. The van der Waals surface area contributed by atoms with E-state index in [0.717, 1.165) is 36.3 Å². The van der Waals surface area contributed by atoms with Crippen LogP contribution in [-0.2, 0) is 0 Å². The van der Waals surface area contributed by atoms with E-state index in [1.807, 2.05) is 18.2 Å². The smallest absolute Gasteiger partial charge is 0.275 e. The van der Waals surface area contributed by atoms with Crippen LogP contribution in [0.1, 0.15) is 16.9 Å². The quantitative estimate of drug-likeness (QED) is 0.909. The number of amides is 1. The van der Waals surface area contributed by atoms with E-state index in [2.05, 4.69) is 20.0 Å². The fraction of sp³-hybridized carbons (Fsp3) is 0.529. The highest BCUT2D eigenvalue weighted by atomic mass is 16.5. The Balaban J connectivity index is 1.49. The van der Waals surface area contributed by atoms with Crippen LogP contribution in [0.5, 0.6) is 5.75 Å². The Bertz CT molecular complexity index is 786. The number of H-pyrrole nitrogens is 1. The lowest BCUT2D eigenvalue weighted by Gasteiger charge is -2.44. The van der Waals surface area contributed by atoms with Gasteiger partial charge < -0.3 is 14.5 Å². The van der Waals surface area contributed by atoms with Crippen molar-refractivity contribution in [1.82, 2.24) is 20.0 Å². The summed E-state index contributed by atoms with van der Waals surface area (Å²) in [5.74, 6) is 2.18. The van der Waals surface area contributed by atoms with Gasteiger partial charge in [0.15, 0.2) is 5.69 Å². The maximum absolute atomic E-state index is 13.1. The van der Waals surface area contributed by atoms with E-state index in [1.165, 1.54) is 13.0 Å². The van der Waals surface area contributed by atoms with Crippen LogP contribution < -0.4 is 4.74 Å². The first kappa shape index (κ1) is 13.4. The number of nitrogens with one attached hydrogen (secondary N) is 1. The molecule has 23 heavy (non-hydrogen) atoms. The number of aromatic amines is 1. The second kappa shape index (κ2) is 4.71. The molecule has 2 aromatic rings. The van der Waals surface area contributed by atoms with E-state index in [4.69, 9.17) is 4.74 Å². The van der Waals surface area contributed by atoms with E-state index < -0.39 is 0 Å². The minimum Gasteiger partial charge on any atom is -0.497 e. The zero-order valence-corrected chi connectivity index (χ0v) is 13.2. The van der Waals surface area contributed by atoms with Gasteiger partial charge in [0.05, 0.1) is 12.6 Å². The number of carbonyl (C=O) groups excluding carboxylic acids is 1. The summed E-state index contributed by atoms with van der Waals surface area (Å²) < 4.78 is 5.23. The van der Waals surface area contributed by atoms with E-state index >= 15 is 0 Å². The molecular formula is C17H20N4O2. The summed E-state index contributed by atoms with van der Waals surface area (Å²) in [5.41, 5.74) is 1.39. The van der Waals surface area contributed by atoms with Crippen LogP contribution in [0, 0.1) is 11.8 Å². The molecule has 4 aliphatic heterocycles. The number of rotatable bonds is 2. The summed E-state index contributed by atoms with van der Waals surface area (Å²) in [4.78, 5) is 17.7. The number of aromatic nitrogens is 2. The molecule has 5 heterocycles.